The highest BCUT2D eigenvalue weighted by atomic mass is 16.5. The van der Waals surface area contributed by atoms with E-state index in [1.165, 1.54) is 4.90 Å². The Morgan fingerprint density at radius 3 is 2.39 bits per heavy atom. The van der Waals surface area contributed by atoms with Crippen LogP contribution in [0.15, 0.2) is 109 Å². The molecule has 0 spiro atoms. The number of aliphatic hydroxyl groups is 1. The van der Waals surface area contributed by atoms with Crippen molar-refractivity contribution in [3.8, 4) is 11.5 Å². The Morgan fingerprint density at radius 2 is 1.66 bits per heavy atom. The number of benzene rings is 3. The number of amides is 1. The summed E-state index contributed by atoms with van der Waals surface area (Å²) < 4.78 is 11.8. The third kappa shape index (κ3) is 6.47. The van der Waals surface area contributed by atoms with E-state index in [0.717, 1.165) is 24.0 Å². The fourth-order valence-electron chi connectivity index (χ4n) is 4.79. The van der Waals surface area contributed by atoms with Crippen molar-refractivity contribution in [2.75, 3.05) is 6.61 Å². The summed E-state index contributed by atoms with van der Waals surface area (Å²) in [7, 11) is 0. The van der Waals surface area contributed by atoms with E-state index in [9.17, 15) is 14.7 Å². The number of hydrogen-bond acceptors (Lipinski definition) is 6. The first-order valence-electron chi connectivity index (χ1n) is 13.7. The molecule has 1 aliphatic heterocycles. The first kappa shape index (κ1) is 27.6. The van der Waals surface area contributed by atoms with Gasteiger partial charge in [0.2, 0.25) is 0 Å². The first-order chi connectivity index (χ1) is 20.0. The van der Waals surface area contributed by atoms with E-state index in [1.807, 2.05) is 60.7 Å². The van der Waals surface area contributed by atoms with Gasteiger partial charge in [0, 0.05) is 24.5 Å². The highest BCUT2D eigenvalue weighted by Crippen LogP contribution is 2.41. The van der Waals surface area contributed by atoms with Crippen molar-refractivity contribution in [1.82, 2.24) is 9.88 Å². The van der Waals surface area contributed by atoms with E-state index in [-0.39, 0.29) is 17.9 Å². The molecule has 208 valence electrons. The molecule has 0 aliphatic carbocycles. The van der Waals surface area contributed by atoms with Gasteiger partial charge in [-0.2, -0.15) is 0 Å². The molecule has 1 unspecified atom stereocenters. The van der Waals surface area contributed by atoms with Gasteiger partial charge in [0.15, 0.2) is 0 Å². The molecular formula is C34H32N2O5. The predicted molar refractivity (Wildman–Crippen MR) is 156 cm³/mol. The lowest BCUT2D eigenvalue weighted by atomic mass is 9.95. The van der Waals surface area contributed by atoms with Crippen molar-refractivity contribution >= 4 is 17.4 Å². The number of hydrogen-bond donors (Lipinski definition) is 1. The lowest BCUT2D eigenvalue weighted by Crippen LogP contribution is -2.29. The Morgan fingerprint density at radius 1 is 0.878 bits per heavy atom. The molecule has 1 N–H and O–H groups in total. The van der Waals surface area contributed by atoms with Crippen LogP contribution in [-0.2, 0) is 22.7 Å². The van der Waals surface area contributed by atoms with Crippen LogP contribution in [0.3, 0.4) is 0 Å². The fraction of sp³-hybridized carbons (Fsp3) is 0.206. The van der Waals surface area contributed by atoms with E-state index in [1.54, 1.807) is 42.7 Å². The lowest BCUT2D eigenvalue weighted by molar-refractivity contribution is -0.140. The molecule has 1 amide bonds. The van der Waals surface area contributed by atoms with Crippen molar-refractivity contribution < 1.29 is 24.2 Å². The molecule has 1 fully saturated rings. The predicted octanol–water partition coefficient (Wildman–Crippen LogP) is 6.46. The van der Waals surface area contributed by atoms with Crippen molar-refractivity contribution in [2.45, 2.75) is 39.0 Å². The second-order valence-electron chi connectivity index (χ2n) is 9.86. The van der Waals surface area contributed by atoms with Gasteiger partial charge < -0.3 is 19.5 Å². The fourth-order valence-corrected chi connectivity index (χ4v) is 4.79. The van der Waals surface area contributed by atoms with Gasteiger partial charge in [-0.25, -0.2) is 0 Å². The summed E-state index contributed by atoms with van der Waals surface area (Å²) in [6.07, 6.45) is 5.21. The molecule has 4 aromatic rings. The molecule has 5 rings (SSSR count). The van der Waals surface area contributed by atoms with Crippen LogP contribution in [0.1, 0.15) is 48.1 Å². The van der Waals surface area contributed by atoms with Gasteiger partial charge in [-0.15, -0.1) is 0 Å². The van der Waals surface area contributed by atoms with Crippen LogP contribution in [0, 0.1) is 0 Å². The Hall–Kier alpha value is -4.91. The number of pyridine rings is 1. The smallest absolute Gasteiger partial charge is 0.295 e. The summed E-state index contributed by atoms with van der Waals surface area (Å²) in [4.78, 5) is 32.4. The highest BCUT2D eigenvalue weighted by molar-refractivity contribution is 6.46. The van der Waals surface area contributed by atoms with Gasteiger partial charge in [0.25, 0.3) is 11.7 Å². The summed E-state index contributed by atoms with van der Waals surface area (Å²) in [5.74, 6) is -0.423. The molecule has 7 nitrogen and oxygen atoms in total. The van der Waals surface area contributed by atoms with Crippen LogP contribution >= 0.6 is 0 Å². The number of aromatic nitrogens is 1. The average molecular weight is 549 g/mol. The minimum absolute atomic E-state index is 0.0301. The third-order valence-corrected chi connectivity index (χ3v) is 6.93. The van der Waals surface area contributed by atoms with Gasteiger partial charge in [-0.1, -0.05) is 74.0 Å². The molecule has 1 aromatic heterocycles. The molecule has 1 atom stereocenters. The van der Waals surface area contributed by atoms with Crippen LogP contribution in [0.5, 0.6) is 11.5 Å². The number of rotatable bonds is 11. The number of ether oxygens (including phenoxy) is 2. The number of Topliss-reactive ketones (excluding diaryl/α,β-unsaturated/α-hetero) is 1. The monoisotopic (exact) mass is 548 g/mol. The zero-order chi connectivity index (χ0) is 28.6. The zero-order valence-corrected chi connectivity index (χ0v) is 22.9. The summed E-state index contributed by atoms with van der Waals surface area (Å²) >= 11 is 0. The van der Waals surface area contributed by atoms with E-state index >= 15 is 0 Å². The normalized spacial score (nSPS) is 16.1. The molecule has 2 heterocycles. The minimum Gasteiger partial charge on any atom is -0.507 e. The number of aliphatic hydroxyl groups excluding tert-OH is 1. The van der Waals surface area contributed by atoms with Gasteiger partial charge in [-0.3, -0.25) is 14.6 Å². The number of carbonyl (C=O) groups is 2. The molecule has 0 saturated carbocycles. The molecular weight excluding hydrogens is 516 g/mol. The number of likely N-dealkylation sites (tertiary alicyclic amines) is 1. The van der Waals surface area contributed by atoms with E-state index in [4.69, 9.17) is 9.47 Å². The van der Waals surface area contributed by atoms with Crippen molar-refractivity contribution in [3.05, 3.63) is 131 Å². The maximum Gasteiger partial charge on any atom is 0.295 e. The second kappa shape index (κ2) is 13.0. The molecule has 7 heteroatoms. The Kier molecular flexibility index (Phi) is 8.74. The summed E-state index contributed by atoms with van der Waals surface area (Å²) in [6.45, 7) is 3.20. The number of ketones is 1. The maximum atomic E-state index is 13.4. The van der Waals surface area contributed by atoms with Crippen molar-refractivity contribution in [1.29, 1.82) is 0 Å². The quantitative estimate of drug-likeness (QED) is 0.100. The third-order valence-electron chi connectivity index (χ3n) is 6.93. The zero-order valence-electron chi connectivity index (χ0n) is 22.9. The van der Waals surface area contributed by atoms with Gasteiger partial charge in [-0.05, 0) is 53.4 Å². The van der Waals surface area contributed by atoms with E-state index < -0.39 is 17.7 Å². The summed E-state index contributed by atoms with van der Waals surface area (Å²) in [6, 6.07) is 26.9. The first-order valence-corrected chi connectivity index (χ1v) is 13.7. The van der Waals surface area contributed by atoms with Crippen LogP contribution in [-0.4, -0.2) is 33.3 Å². The summed E-state index contributed by atoms with van der Waals surface area (Å²) in [5, 5.41) is 11.5. The Balaban J connectivity index is 1.49. The molecule has 1 saturated heterocycles. The van der Waals surface area contributed by atoms with Crippen LogP contribution in [0.25, 0.3) is 5.76 Å². The largest absolute Gasteiger partial charge is 0.507 e. The highest BCUT2D eigenvalue weighted by Gasteiger charge is 2.46. The van der Waals surface area contributed by atoms with Gasteiger partial charge in [0.1, 0.15) is 23.9 Å². The molecule has 0 radical (unpaired) electrons. The number of nitrogens with zero attached hydrogens (tertiary/aromatic N) is 2. The van der Waals surface area contributed by atoms with E-state index in [2.05, 4.69) is 11.9 Å². The molecule has 3 aromatic carbocycles. The summed E-state index contributed by atoms with van der Waals surface area (Å²) in [5.41, 5.74) is 2.93. The molecule has 41 heavy (non-hydrogen) atoms. The molecule has 1 aliphatic rings. The lowest BCUT2D eigenvalue weighted by Gasteiger charge is -2.25. The number of carbonyl (C=O) groups excluding carboxylic acids is 2. The second-order valence-corrected chi connectivity index (χ2v) is 9.86. The minimum atomic E-state index is -0.803. The maximum absolute atomic E-state index is 13.4. The average Bonchev–Trinajstić information content (AvgIpc) is 3.26. The molecule has 0 bridgehead atoms. The van der Waals surface area contributed by atoms with Crippen LogP contribution in [0.4, 0.5) is 0 Å². The van der Waals surface area contributed by atoms with Crippen molar-refractivity contribution in [2.24, 2.45) is 0 Å². The Labute approximate surface area is 239 Å². The Bertz CT molecular complexity index is 1520. The number of unbranched alkanes of at least 4 members (excludes halogenated alkanes) is 1. The van der Waals surface area contributed by atoms with E-state index in [0.29, 0.717) is 35.8 Å². The van der Waals surface area contributed by atoms with Crippen LogP contribution in [0.2, 0.25) is 0 Å². The van der Waals surface area contributed by atoms with Gasteiger partial charge >= 0.3 is 0 Å². The topological polar surface area (TPSA) is 89.0 Å². The van der Waals surface area contributed by atoms with Crippen LogP contribution < -0.4 is 9.47 Å². The standard InChI is InChI=1S/C34H32N2O5/c1-2-3-19-40-29-13-7-12-27(20-29)32(37)30-31(36(34(39)33(30)38)22-25-11-8-18-35-21-25)26-14-16-28(17-15-26)41-23-24-9-5-4-6-10-24/h4-18,20-21,31,37H,2-3,19,22-23H2,1H3/b32-30+. The SMILES string of the molecule is CCCCOc1cccc(/C(O)=C2\C(=O)C(=O)N(Cc3cccnc3)C2c2ccc(OCc3ccccc3)cc2)c1. The van der Waals surface area contributed by atoms with Gasteiger partial charge in [0.05, 0.1) is 18.2 Å². The van der Waals surface area contributed by atoms with Crippen molar-refractivity contribution in [3.63, 3.8) is 0 Å².